The first-order chi connectivity index (χ1) is 16.7. The zero-order valence-electron chi connectivity index (χ0n) is 18.8. The highest BCUT2D eigenvalue weighted by atomic mass is 19.4. The summed E-state index contributed by atoms with van der Waals surface area (Å²) in [6, 6.07) is 5.95. The van der Waals surface area contributed by atoms with Crippen LogP contribution in [-0.4, -0.2) is 46.8 Å². The second-order valence-electron chi connectivity index (χ2n) is 8.05. The second kappa shape index (κ2) is 8.49. The average Bonchev–Trinajstić information content (AvgIpc) is 3.34. The van der Waals surface area contributed by atoms with Gasteiger partial charge in [0.25, 0.3) is 5.91 Å². The number of aryl methyl sites for hydroxylation is 1. The first kappa shape index (κ1) is 22.5. The summed E-state index contributed by atoms with van der Waals surface area (Å²) in [5.74, 6) is 1.55. The van der Waals surface area contributed by atoms with Crippen LogP contribution in [-0.2, 0) is 6.18 Å². The van der Waals surface area contributed by atoms with E-state index in [1.165, 1.54) is 12.1 Å². The lowest BCUT2D eigenvalue weighted by Crippen LogP contribution is -2.32. The van der Waals surface area contributed by atoms with Crippen LogP contribution in [0.4, 0.5) is 30.8 Å². The smallest absolute Gasteiger partial charge is 0.357 e. The van der Waals surface area contributed by atoms with Crippen molar-refractivity contribution in [1.29, 1.82) is 0 Å². The number of amidine groups is 1. The topological polar surface area (TPSA) is 95.4 Å². The molecule has 0 saturated heterocycles. The van der Waals surface area contributed by atoms with Crippen molar-refractivity contribution in [2.75, 3.05) is 35.7 Å². The van der Waals surface area contributed by atoms with Crippen LogP contribution in [0.1, 0.15) is 32.6 Å². The van der Waals surface area contributed by atoms with Gasteiger partial charge in [-0.15, -0.1) is 0 Å². The minimum atomic E-state index is -4.54. The molecule has 2 aliphatic rings. The van der Waals surface area contributed by atoms with Gasteiger partial charge in [-0.05, 0) is 48.4 Å². The molecule has 0 aliphatic carbocycles. The molecule has 11 heteroatoms. The molecule has 0 unspecified atom stereocenters. The highest BCUT2D eigenvalue weighted by Gasteiger charge is 2.32. The van der Waals surface area contributed by atoms with Crippen LogP contribution in [0, 0.1) is 6.92 Å². The molecule has 35 heavy (non-hydrogen) atoms. The number of carbonyl (C=O) groups is 1. The molecule has 3 aromatic rings. The Balaban J connectivity index is 1.49. The highest BCUT2D eigenvalue weighted by molar-refractivity contribution is 6.36. The summed E-state index contributed by atoms with van der Waals surface area (Å²) in [7, 11) is 1.75. The molecule has 2 N–H and O–H groups in total. The molecule has 0 radical (unpaired) electrons. The number of alkyl halides is 3. The van der Waals surface area contributed by atoms with Gasteiger partial charge in [-0.2, -0.15) is 18.2 Å². The maximum absolute atomic E-state index is 13.0. The van der Waals surface area contributed by atoms with E-state index in [2.05, 4.69) is 30.6 Å². The third-order valence-corrected chi connectivity index (χ3v) is 5.74. The number of nitrogens with one attached hydrogen (secondary N) is 2. The molecule has 2 aliphatic heterocycles. The Morgan fingerprint density at radius 1 is 1.14 bits per heavy atom. The van der Waals surface area contributed by atoms with Crippen LogP contribution in [0.3, 0.4) is 0 Å². The first-order valence-electron chi connectivity index (χ1n) is 10.8. The number of carbonyl (C=O) groups excluding carboxylic acids is 1. The number of pyridine rings is 1. The van der Waals surface area contributed by atoms with Gasteiger partial charge < -0.3 is 15.5 Å². The number of aromatic nitrogens is 3. The van der Waals surface area contributed by atoms with Gasteiger partial charge in [0.15, 0.2) is 0 Å². The minimum Gasteiger partial charge on any atom is -0.357 e. The molecule has 0 spiro atoms. The predicted octanol–water partition coefficient (Wildman–Crippen LogP) is 4.27. The van der Waals surface area contributed by atoms with Crippen molar-refractivity contribution in [3.05, 3.63) is 70.5 Å². The standard InChI is InChI=1S/C24H20F3N7O/c1-13-11-30-19(32-22(35)14-4-3-5-16(8-14)24(25,26)27)10-17(13)18-9-15-12-31-23(28-2)33-20(15)34-7-6-29-21(18)34/h3-5,8-12H,6-7H2,1-2H3,(H,28,31,33)(H,30,32,35). The normalized spacial score (nSPS) is 14.6. The Morgan fingerprint density at radius 2 is 1.97 bits per heavy atom. The van der Waals surface area contributed by atoms with Crippen molar-refractivity contribution in [1.82, 2.24) is 15.0 Å². The second-order valence-corrected chi connectivity index (χ2v) is 8.05. The molecule has 178 valence electrons. The Labute approximate surface area is 198 Å². The number of halogens is 3. The van der Waals surface area contributed by atoms with Crippen LogP contribution in [0.15, 0.2) is 47.7 Å². The first-order valence-corrected chi connectivity index (χ1v) is 10.8. The van der Waals surface area contributed by atoms with Gasteiger partial charge in [0.2, 0.25) is 5.95 Å². The average molecular weight is 479 g/mol. The Morgan fingerprint density at radius 3 is 2.74 bits per heavy atom. The Hall–Kier alpha value is -4.28. The quantitative estimate of drug-likeness (QED) is 0.581. The van der Waals surface area contributed by atoms with Gasteiger partial charge >= 0.3 is 6.18 Å². The monoisotopic (exact) mass is 479 g/mol. The number of aliphatic imine (C=N–C) groups is 1. The lowest BCUT2D eigenvalue weighted by atomic mass is 9.96. The molecule has 0 bridgehead atoms. The number of hydrogen-bond acceptors (Lipinski definition) is 7. The molecule has 2 aromatic heterocycles. The molecular formula is C24H20F3N7O. The molecule has 1 aromatic carbocycles. The van der Waals surface area contributed by atoms with Gasteiger partial charge in [-0.3, -0.25) is 9.79 Å². The lowest BCUT2D eigenvalue weighted by molar-refractivity contribution is -0.137. The summed E-state index contributed by atoms with van der Waals surface area (Å²) in [6.07, 6.45) is 0.737. The Kier molecular flexibility index (Phi) is 5.46. The molecule has 8 nitrogen and oxygen atoms in total. The Bertz CT molecular complexity index is 1400. The summed E-state index contributed by atoms with van der Waals surface area (Å²) in [6.45, 7) is 3.16. The molecule has 0 saturated carbocycles. The number of rotatable bonds is 4. The summed E-state index contributed by atoms with van der Waals surface area (Å²) < 4.78 is 39.1. The van der Waals surface area contributed by atoms with Crippen molar-refractivity contribution in [3.8, 4) is 0 Å². The number of anilines is 3. The van der Waals surface area contributed by atoms with E-state index in [1.807, 2.05) is 17.9 Å². The van der Waals surface area contributed by atoms with E-state index in [-0.39, 0.29) is 11.4 Å². The van der Waals surface area contributed by atoms with Crippen LogP contribution >= 0.6 is 0 Å². The number of amides is 1. The van der Waals surface area contributed by atoms with E-state index in [0.717, 1.165) is 46.0 Å². The third-order valence-electron chi connectivity index (χ3n) is 5.74. The third kappa shape index (κ3) is 4.20. The van der Waals surface area contributed by atoms with E-state index in [1.54, 1.807) is 25.5 Å². The number of fused-ring (bicyclic) bond motifs is 3. The molecule has 4 heterocycles. The van der Waals surface area contributed by atoms with Crippen LogP contribution in [0.5, 0.6) is 0 Å². The van der Waals surface area contributed by atoms with Gasteiger partial charge in [0.1, 0.15) is 17.5 Å². The van der Waals surface area contributed by atoms with Gasteiger partial charge in [0.05, 0.1) is 12.1 Å². The van der Waals surface area contributed by atoms with E-state index in [9.17, 15) is 18.0 Å². The minimum absolute atomic E-state index is 0.113. The molecule has 0 atom stereocenters. The zero-order valence-corrected chi connectivity index (χ0v) is 18.8. The fourth-order valence-corrected chi connectivity index (χ4v) is 4.03. The number of benzene rings is 1. The van der Waals surface area contributed by atoms with E-state index >= 15 is 0 Å². The maximum atomic E-state index is 13.0. The van der Waals surface area contributed by atoms with Gasteiger partial charge in [-0.1, -0.05) is 6.07 Å². The summed E-state index contributed by atoms with van der Waals surface area (Å²) in [5, 5.41) is 5.55. The van der Waals surface area contributed by atoms with Crippen LogP contribution < -0.4 is 15.5 Å². The van der Waals surface area contributed by atoms with Crippen molar-refractivity contribution in [2.45, 2.75) is 13.1 Å². The van der Waals surface area contributed by atoms with Crippen LogP contribution in [0.25, 0.3) is 11.6 Å². The molecule has 1 amide bonds. The molecule has 0 fully saturated rings. The number of hydrogen-bond donors (Lipinski definition) is 2. The van der Waals surface area contributed by atoms with Gasteiger partial charge in [0, 0.05) is 42.7 Å². The van der Waals surface area contributed by atoms with E-state index < -0.39 is 17.6 Å². The van der Waals surface area contributed by atoms with E-state index in [0.29, 0.717) is 19.0 Å². The highest BCUT2D eigenvalue weighted by Crippen LogP contribution is 2.36. The predicted molar refractivity (Wildman–Crippen MR) is 127 cm³/mol. The van der Waals surface area contributed by atoms with Crippen LogP contribution in [0.2, 0.25) is 0 Å². The summed E-state index contributed by atoms with van der Waals surface area (Å²) in [5.41, 5.74) is 2.28. The zero-order chi connectivity index (χ0) is 24.7. The maximum Gasteiger partial charge on any atom is 0.416 e. The summed E-state index contributed by atoms with van der Waals surface area (Å²) in [4.78, 5) is 32.5. The largest absolute Gasteiger partial charge is 0.416 e. The summed E-state index contributed by atoms with van der Waals surface area (Å²) >= 11 is 0. The SMILES string of the molecule is CNc1ncc2c(n1)N1CCN=C1C(c1cc(NC(=O)c3cccc(C(F)(F)F)c3)ncc1C)=C2. The lowest BCUT2D eigenvalue weighted by Gasteiger charge is -2.28. The van der Waals surface area contributed by atoms with Gasteiger partial charge in [-0.25, -0.2) is 9.97 Å². The van der Waals surface area contributed by atoms with Crippen molar-refractivity contribution < 1.29 is 18.0 Å². The van der Waals surface area contributed by atoms with E-state index in [4.69, 9.17) is 0 Å². The fraction of sp³-hybridized carbons (Fsp3) is 0.208. The van der Waals surface area contributed by atoms with Crippen molar-refractivity contribution >= 4 is 41.0 Å². The van der Waals surface area contributed by atoms with Crippen molar-refractivity contribution in [2.24, 2.45) is 4.99 Å². The van der Waals surface area contributed by atoms with Crippen molar-refractivity contribution in [3.63, 3.8) is 0 Å². The molecular weight excluding hydrogens is 459 g/mol. The number of nitrogens with zero attached hydrogens (tertiary/aromatic N) is 5. The molecule has 5 rings (SSSR count). The fourth-order valence-electron chi connectivity index (χ4n) is 4.03.